The van der Waals surface area contributed by atoms with Crippen LogP contribution in [0.3, 0.4) is 0 Å². The first-order chi connectivity index (χ1) is 6.97. The molecular formula is C10H13BrO3S. The van der Waals surface area contributed by atoms with Gasteiger partial charge in [-0.3, -0.25) is 4.79 Å². The van der Waals surface area contributed by atoms with Crippen molar-refractivity contribution < 1.29 is 14.6 Å². The Hall–Kier alpha value is -0.390. The smallest absolute Gasteiger partial charge is 0.309 e. The summed E-state index contributed by atoms with van der Waals surface area (Å²) in [4.78, 5) is 11.3. The van der Waals surface area contributed by atoms with E-state index in [9.17, 15) is 9.90 Å². The van der Waals surface area contributed by atoms with E-state index in [0.29, 0.717) is 6.61 Å². The maximum Gasteiger partial charge on any atom is 0.309 e. The lowest BCUT2D eigenvalue weighted by Gasteiger charge is -2.21. The van der Waals surface area contributed by atoms with Crippen molar-refractivity contribution in [3.63, 3.8) is 0 Å². The summed E-state index contributed by atoms with van der Waals surface area (Å²) in [5.41, 5.74) is -0.453. The highest BCUT2D eigenvalue weighted by atomic mass is 79.9. The lowest BCUT2D eigenvalue weighted by Crippen LogP contribution is -2.26. The number of thiophene rings is 1. The summed E-state index contributed by atoms with van der Waals surface area (Å²) in [6.45, 7) is 3.68. The van der Waals surface area contributed by atoms with Crippen LogP contribution in [0.5, 0.6) is 0 Å². The van der Waals surface area contributed by atoms with Crippen LogP contribution < -0.4 is 0 Å². The van der Waals surface area contributed by atoms with E-state index in [0.717, 1.165) is 10.0 Å². The third kappa shape index (κ3) is 3.29. The Morgan fingerprint density at radius 3 is 2.80 bits per heavy atom. The molecule has 84 valence electrons. The zero-order chi connectivity index (χ0) is 11.5. The summed E-state index contributed by atoms with van der Waals surface area (Å²) in [6.07, 6.45) is -0.0316. The van der Waals surface area contributed by atoms with Crippen LogP contribution in [0.15, 0.2) is 15.2 Å². The molecule has 1 rings (SSSR count). The lowest BCUT2D eigenvalue weighted by atomic mass is 9.95. The quantitative estimate of drug-likeness (QED) is 0.868. The second-order valence-corrected chi connectivity index (χ2v) is 4.99. The minimum atomic E-state index is -1.18. The van der Waals surface area contributed by atoms with Gasteiger partial charge in [-0.1, -0.05) is 0 Å². The van der Waals surface area contributed by atoms with Crippen LogP contribution in [0.1, 0.15) is 25.8 Å². The lowest BCUT2D eigenvalue weighted by molar-refractivity contribution is -0.148. The molecule has 0 saturated carbocycles. The predicted molar refractivity (Wildman–Crippen MR) is 62.8 cm³/mol. The molecule has 5 heteroatoms. The first-order valence-corrected chi connectivity index (χ1v) is 6.31. The fraction of sp³-hybridized carbons (Fsp3) is 0.500. The minimum Gasteiger partial charge on any atom is -0.466 e. The average molecular weight is 293 g/mol. The topological polar surface area (TPSA) is 46.5 Å². The Kier molecular flexibility index (Phi) is 4.31. The zero-order valence-electron chi connectivity index (χ0n) is 8.62. The Bertz CT molecular complexity index is 346. The van der Waals surface area contributed by atoms with Crippen molar-refractivity contribution in [2.45, 2.75) is 25.9 Å². The van der Waals surface area contributed by atoms with E-state index in [1.165, 1.54) is 11.3 Å². The van der Waals surface area contributed by atoms with E-state index in [2.05, 4.69) is 15.9 Å². The standard InChI is InChI=1S/C10H13BrO3S/c1-3-14-9(12)4-10(2,13)7-5-15-6-8(7)11/h5-6,13H,3-4H2,1-2H3. The summed E-state index contributed by atoms with van der Waals surface area (Å²) < 4.78 is 5.63. The molecule has 1 aromatic heterocycles. The molecule has 1 N–H and O–H groups in total. The maximum absolute atomic E-state index is 11.3. The van der Waals surface area contributed by atoms with Gasteiger partial charge < -0.3 is 9.84 Å². The van der Waals surface area contributed by atoms with E-state index < -0.39 is 5.60 Å². The fourth-order valence-corrected chi connectivity index (χ4v) is 3.10. The number of carbonyl (C=O) groups is 1. The van der Waals surface area contributed by atoms with E-state index >= 15 is 0 Å². The number of rotatable bonds is 4. The average Bonchev–Trinajstić information content (AvgIpc) is 2.51. The van der Waals surface area contributed by atoms with Crippen LogP contribution in [0.4, 0.5) is 0 Å². The van der Waals surface area contributed by atoms with Gasteiger partial charge in [0.05, 0.1) is 18.6 Å². The van der Waals surface area contributed by atoms with Crippen LogP contribution in [0.2, 0.25) is 0 Å². The molecular weight excluding hydrogens is 280 g/mol. The van der Waals surface area contributed by atoms with Crippen molar-refractivity contribution in [1.29, 1.82) is 0 Å². The first-order valence-electron chi connectivity index (χ1n) is 4.57. The third-order valence-corrected chi connectivity index (χ3v) is 3.69. The van der Waals surface area contributed by atoms with Gasteiger partial charge in [-0.2, -0.15) is 11.3 Å². The molecule has 1 aromatic rings. The van der Waals surface area contributed by atoms with Gasteiger partial charge in [0.1, 0.15) is 0 Å². The number of esters is 1. The maximum atomic E-state index is 11.3. The number of hydrogen-bond donors (Lipinski definition) is 1. The number of aliphatic hydroxyl groups is 1. The molecule has 1 unspecified atom stereocenters. The molecule has 0 aliphatic carbocycles. The molecule has 0 aliphatic rings. The number of ether oxygens (including phenoxy) is 1. The highest BCUT2D eigenvalue weighted by Crippen LogP contribution is 2.33. The van der Waals surface area contributed by atoms with Gasteiger partial charge in [0.15, 0.2) is 0 Å². The summed E-state index contributed by atoms with van der Waals surface area (Å²) in [5.74, 6) is -0.388. The van der Waals surface area contributed by atoms with Crippen molar-refractivity contribution in [2.75, 3.05) is 6.61 Å². The molecule has 15 heavy (non-hydrogen) atoms. The predicted octanol–water partition coefficient (Wildman–Crippen LogP) is 2.67. The van der Waals surface area contributed by atoms with E-state index in [-0.39, 0.29) is 12.4 Å². The van der Waals surface area contributed by atoms with Crippen LogP contribution in [0, 0.1) is 0 Å². The van der Waals surface area contributed by atoms with Crippen molar-refractivity contribution in [3.8, 4) is 0 Å². The Labute approximate surface area is 101 Å². The van der Waals surface area contributed by atoms with Crippen molar-refractivity contribution in [3.05, 3.63) is 20.8 Å². The molecule has 1 heterocycles. The van der Waals surface area contributed by atoms with E-state index in [1.807, 2.05) is 10.8 Å². The number of halogens is 1. The van der Waals surface area contributed by atoms with Crippen molar-refractivity contribution >= 4 is 33.2 Å². The minimum absolute atomic E-state index is 0.0316. The Morgan fingerprint density at radius 2 is 2.33 bits per heavy atom. The van der Waals surface area contributed by atoms with Gasteiger partial charge >= 0.3 is 5.97 Å². The van der Waals surface area contributed by atoms with Crippen LogP contribution in [-0.2, 0) is 15.1 Å². The summed E-state index contributed by atoms with van der Waals surface area (Å²) in [6, 6.07) is 0. The van der Waals surface area contributed by atoms with Gasteiger partial charge in [0.25, 0.3) is 0 Å². The molecule has 0 saturated heterocycles. The molecule has 0 fully saturated rings. The van der Waals surface area contributed by atoms with Gasteiger partial charge in [-0.15, -0.1) is 0 Å². The number of hydrogen-bond acceptors (Lipinski definition) is 4. The van der Waals surface area contributed by atoms with Crippen molar-refractivity contribution in [1.82, 2.24) is 0 Å². The third-order valence-electron chi connectivity index (χ3n) is 1.99. The molecule has 0 bridgehead atoms. The van der Waals surface area contributed by atoms with E-state index in [1.54, 1.807) is 13.8 Å². The molecule has 0 aliphatic heterocycles. The SMILES string of the molecule is CCOC(=O)CC(C)(O)c1cscc1Br. The Morgan fingerprint density at radius 1 is 1.67 bits per heavy atom. The summed E-state index contributed by atoms with van der Waals surface area (Å²) in [7, 11) is 0. The number of carbonyl (C=O) groups excluding carboxylic acids is 1. The van der Waals surface area contributed by atoms with Crippen LogP contribution in [0.25, 0.3) is 0 Å². The van der Waals surface area contributed by atoms with Crippen LogP contribution >= 0.6 is 27.3 Å². The van der Waals surface area contributed by atoms with Crippen LogP contribution in [-0.4, -0.2) is 17.7 Å². The fourth-order valence-electron chi connectivity index (χ4n) is 1.25. The zero-order valence-corrected chi connectivity index (χ0v) is 11.0. The van der Waals surface area contributed by atoms with E-state index in [4.69, 9.17) is 4.74 Å². The molecule has 0 spiro atoms. The monoisotopic (exact) mass is 292 g/mol. The Balaban J connectivity index is 2.75. The van der Waals surface area contributed by atoms with Gasteiger partial charge in [-0.25, -0.2) is 0 Å². The molecule has 1 atom stereocenters. The second kappa shape index (κ2) is 5.09. The molecule has 0 amide bonds. The highest BCUT2D eigenvalue weighted by Gasteiger charge is 2.29. The summed E-state index contributed by atoms with van der Waals surface area (Å²) in [5, 5.41) is 13.8. The summed E-state index contributed by atoms with van der Waals surface area (Å²) >= 11 is 4.80. The normalized spacial score (nSPS) is 14.7. The first kappa shape index (κ1) is 12.7. The molecule has 0 radical (unpaired) electrons. The largest absolute Gasteiger partial charge is 0.466 e. The highest BCUT2D eigenvalue weighted by molar-refractivity contribution is 9.10. The van der Waals surface area contributed by atoms with Gasteiger partial charge in [-0.05, 0) is 35.2 Å². The van der Waals surface area contributed by atoms with Gasteiger partial charge in [0.2, 0.25) is 0 Å². The molecule has 0 aromatic carbocycles. The van der Waals surface area contributed by atoms with Crippen molar-refractivity contribution in [2.24, 2.45) is 0 Å². The second-order valence-electron chi connectivity index (χ2n) is 3.39. The molecule has 3 nitrogen and oxygen atoms in total. The van der Waals surface area contributed by atoms with Gasteiger partial charge in [0, 0.05) is 15.4 Å².